The number of benzene rings is 1. The predicted molar refractivity (Wildman–Crippen MR) is 79.5 cm³/mol. The maximum atomic E-state index is 12.0. The van der Waals surface area contributed by atoms with E-state index in [-0.39, 0.29) is 5.91 Å². The molecule has 0 aliphatic rings. The number of rotatable bonds is 7. The Morgan fingerprint density at radius 3 is 2.32 bits per heavy atom. The van der Waals surface area contributed by atoms with Gasteiger partial charge in [-0.2, -0.15) is 0 Å². The van der Waals surface area contributed by atoms with Crippen LogP contribution in [0.2, 0.25) is 0 Å². The van der Waals surface area contributed by atoms with Crippen molar-refractivity contribution >= 4 is 21.8 Å². The molecule has 1 aromatic carbocycles. The van der Waals surface area contributed by atoms with Gasteiger partial charge >= 0.3 is 0 Å². The van der Waals surface area contributed by atoms with Crippen molar-refractivity contribution in [3.05, 3.63) is 23.8 Å². The molecule has 1 unspecified atom stereocenters. The van der Waals surface area contributed by atoms with Crippen molar-refractivity contribution < 1.29 is 14.3 Å². The summed E-state index contributed by atoms with van der Waals surface area (Å²) in [6.45, 7) is 2.75. The highest BCUT2D eigenvalue weighted by Crippen LogP contribution is 2.22. The molecule has 0 aliphatic carbocycles. The van der Waals surface area contributed by atoms with Gasteiger partial charge in [0.25, 0.3) is 5.91 Å². The van der Waals surface area contributed by atoms with E-state index in [0.717, 1.165) is 12.8 Å². The first-order chi connectivity index (χ1) is 9.10. The van der Waals surface area contributed by atoms with Crippen LogP contribution in [-0.4, -0.2) is 31.5 Å². The van der Waals surface area contributed by atoms with Crippen LogP contribution in [0.15, 0.2) is 18.2 Å². The van der Waals surface area contributed by atoms with Gasteiger partial charge in [-0.05, 0) is 25.0 Å². The molecule has 0 heterocycles. The molecule has 0 saturated carbocycles. The second kappa shape index (κ2) is 8.04. The van der Waals surface area contributed by atoms with Crippen molar-refractivity contribution in [3.63, 3.8) is 0 Å². The van der Waals surface area contributed by atoms with Crippen LogP contribution >= 0.6 is 15.9 Å². The molecule has 1 rings (SSSR count). The van der Waals surface area contributed by atoms with Gasteiger partial charge in [-0.3, -0.25) is 4.79 Å². The average Bonchev–Trinajstić information content (AvgIpc) is 2.46. The molecular formula is C14H20BrNO3. The van der Waals surface area contributed by atoms with Gasteiger partial charge in [0.2, 0.25) is 0 Å². The molecule has 0 spiro atoms. The molecule has 5 heteroatoms. The monoisotopic (exact) mass is 329 g/mol. The van der Waals surface area contributed by atoms with E-state index in [1.165, 1.54) is 0 Å². The standard InChI is InChI=1S/C14H20BrNO3/c1-4-11(15)5-6-16-14(17)10-7-12(18-2)9-13(8-10)19-3/h7-9,11H,4-6H2,1-3H3,(H,16,17). The topological polar surface area (TPSA) is 47.6 Å². The number of methoxy groups -OCH3 is 2. The van der Waals surface area contributed by atoms with Crippen molar-refractivity contribution in [2.45, 2.75) is 24.6 Å². The summed E-state index contributed by atoms with van der Waals surface area (Å²) in [5, 5.41) is 2.89. The third-order valence-corrected chi connectivity index (χ3v) is 3.91. The second-order valence-electron chi connectivity index (χ2n) is 4.15. The summed E-state index contributed by atoms with van der Waals surface area (Å²) in [6.07, 6.45) is 1.95. The highest BCUT2D eigenvalue weighted by atomic mass is 79.9. The predicted octanol–water partition coefficient (Wildman–Crippen LogP) is 3.00. The summed E-state index contributed by atoms with van der Waals surface area (Å²) in [4.78, 5) is 12.5. The van der Waals surface area contributed by atoms with Crippen molar-refractivity contribution in [1.29, 1.82) is 0 Å². The number of ether oxygens (including phenoxy) is 2. The summed E-state index contributed by atoms with van der Waals surface area (Å²) in [7, 11) is 3.13. The minimum absolute atomic E-state index is 0.118. The summed E-state index contributed by atoms with van der Waals surface area (Å²) in [5.74, 6) is 1.10. The Bertz CT molecular complexity index is 401. The third kappa shape index (κ3) is 5.11. The van der Waals surface area contributed by atoms with Crippen molar-refractivity contribution in [3.8, 4) is 11.5 Å². The number of carbonyl (C=O) groups is 1. The molecule has 0 fully saturated rings. The zero-order valence-electron chi connectivity index (χ0n) is 11.5. The van der Waals surface area contributed by atoms with Crippen LogP contribution in [0.1, 0.15) is 30.1 Å². The lowest BCUT2D eigenvalue weighted by Crippen LogP contribution is -2.26. The SMILES string of the molecule is CCC(Br)CCNC(=O)c1cc(OC)cc(OC)c1. The molecule has 4 nitrogen and oxygen atoms in total. The fraction of sp³-hybridized carbons (Fsp3) is 0.500. The van der Waals surface area contributed by atoms with Crippen molar-refractivity contribution in [2.75, 3.05) is 20.8 Å². The number of alkyl halides is 1. The van der Waals surface area contributed by atoms with Gasteiger partial charge in [0.05, 0.1) is 14.2 Å². The Balaban J connectivity index is 2.65. The van der Waals surface area contributed by atoms with Gasteiger partial charge in [-0.1, -0.05) is 22.9 Å². The van der Waals surface area contributed by atoms with E-state index in [9.17, 15) is 4.79 Å². The lowest BCUT2D eigenvalue weighted by atomic mass is 10.2. The maximum Gasteiger partial charge on any atom is 0.251 e. The molecule has 0 aliphatic heterocycles. The summed E-state index contributed by atoms with van der Waals surface area (Å²) < 4.78 is 10.3. The molecule has 1 atom stereocenters. The fourth-order valence-corrected chi connectivity index (χ4v) is 1.82. The van der Waals surface area contributed by atoms with Crippen molar-refractivity contribution in [1.82, 2.24) is 5.32 Å². The molecule has 1 N–H and O–H groups in total. The number of hydrogen-bond acceptors (Lipinski definition) is 3. The number of nitrogens with one attached hydrogen (secondary N) is 1. The van der Waals surface area contributed by atoms with Crippen LogP contribution < -0.4 is 14.8 Å². The van der Waals surface area contributed by atoms with Gasteiger partial charge in [-0.15, -0.1) is 0 Å². The lowest BCUT2D eigenvalue weighted by Gasteiger charge is -2.10. The summed E-state index contributed by atoms with van der Waals surface area (Å²) in [6, 6.07) is 5.13. The quantitative estimate of drug-likeness (QED) is 0.782. The van der Waals surface area contributed by atoms with Gasteiger partial charge in [0.1, 0.15) is 11.5 Å². The molecule has 0 bridgehead atoms. The van der Waals surface area contributed by atoms with Crippen LogP contribution in [0.4, 0.5) is 0 Å². The second-order valence-corrected chi connectivity index (χ2v) is 5.45. The lowest BCUT2D eigenvalue weighted by molar-refractivity contribution is 0.0952. The van der Waals surface area contributed by atoms with Gasteiger partial charge in [0.15, 0.2) is 0 Å². The molecule has 106 valence electrons. The minimum Gasteiger partial charge on any atom is -0.497 e. The van der Waals surface area contributed by atoms with Gasteiger partial charge in [0, 0.05) is 23.0 Å². The molecule has 1 amide bonds. The normalized spacial score (nSPS) is 11.8. The fourth-order valence-electron chi connectivity index (χ4n) is 1.59. The Hall–Kier alpha value is -1.23. The first-order valence-electron chi connectivity index (χ1n) is 6.26. The van der Waals surface area contributed by atoms with E-state index in [2.05, 4.69) is 28.2 Å². The average molecular weight is 330 g/mol. The number of carbonyl (C=O) groups excluding carboxylic acids is 1. The summed E-state index contributed by atoms with van der Waals surface area (Å²) in [5.41, 5.74) is 0.541. The Labute approximate surface area is 122 Å². The minimum atomic E-state index is -0.118. The van der Waals surface area contributed by atoms with Gasteiger partial charge in [-0.25, -0.2) is 0 Å². The van der Waals surface area contributed by atoms with E-state index in [0.29, 0.717) is 28.4 Å². The highest BCUT2D eigenvalue weighted by Gasteiger charge is 2.10. The Morgan fingerprint density at radius 2 is 1.84 bits per heavy atom. The van der Waals surface area contributed by atoms with E-state index in [4.69, 9.17) is 9.47 Å². The van der Waals surface area contributed by atoms with E-state index < -0.39 is 0 Å². The summed E-state index contributed by atoms with van der Waals surface area (Å²) >= 11 is 3.54. The van der Waals surface area contributed by atoms with Crippen LogP contribution in [0.3, 0.4) is 0 Å². The molecule has 0 radical (unpaired) electrons. The number of amides is 1. The van der Waals surface area contributed by atoms with Gasteiger partial charge < -0.3 is 14.8 Å². The first-order valence-corrected chi connectivity index (χ1v) is 7.17. The van der Waals surface area contributed by atoms with Crippen LogP contribution in [-0.2, 0) is 0 Å². The first kappa shape index (κ1) is 15.8. The van der Waals surface area contributed by atoms with Crippen LogP contribution in [0.5, 0.6) is 11.5 Å². The smallest absolute Gasteiger partial charge is 0.251 e. The number of hydrogen-bond donors (Lipinski definition) is 1. The van der Waals surface area contributed by atoms with Crippen LogP contribution in [0.25, 0.3) is 0 Å². The molecule has 19 heavy (non-hydrogen) atoms. The van der Waals surface area contributed by atoms with Crippen molar-refractivity contribution in [2.24, 2.45) is 0 Å². The Kier molecular flexibility index (Phi) is 6.70. The molecule has 1 aromatic rings. The van der Waals surface area contributed by atoms with Crippen LogP contribution in [0, 0.1) is 0 Å². The highest BCUT2D eigenvalue weighted by molar-refractivity contribution is 9.09. The Morgan fingerprint density at radius 1 is 1.26 bits per heavy atom. The zero-order chi connectivity index (χ0) is 14.3. The van der Waals surface area contributed by atoms with E-state index >= 15 is 0 Å². The molecular weight excluding hydrogens is 310 g/mol. The zero-order valence-corrected chi connectivity index (χ0v) is 13.1. The van der Waals surface area contributed by atoms with E-state index in [1.54, 1.807) is 32.4 Å². The molecule has 0 saturated heterocycles. The number of halogens is 1. The largest absolute Gasteiger partial charge is 0.497 e. The molecule has 0 aromatic heterocycles. The van der Waals surface area contributed by atoms with E-state index in [1.807, 2.05) is 0 Å². The third-order valence-electron chi connectivity index (χ3n) is 2.80. The maximum absolute atomic E-state index is 12.0.